The molecular formula is C18H28N2O. The van der Waals surface area contributed by atoms with Crippen LogP contribution in [0.5, 0.6) is 0 Å². The van der Waals surface area contributed by atoms with E-state index in [0.717, 1.165) is 19.4 Å². The Balaban J connectivity index is 1.85. The highest BCUT2D eigenvalue weighted by Crippen LogP contribution is 2.38. The lowest BCUT2D eigenvalue weighted by atomic mass is 9.70. The molecule has 1 heterocycles. The van der Waals surface area contributed by atoms with E-state index < -0.39 is 0 Å². The number of amides is 1. The smallest absolute Gasteiger partial charge is 0.223 e. The van der Waals surface area contributed by atoms with E-state index >= 15 is 0 Å². The van der Waals surface area contributed by atoms with Crippen molar-refractivity contribution in [1.82, 2.24) is 10.3 Å². The lowest BCUT2D eigenvalue weighted by Gasteiger charge is -2.36. The van der Waals surface area contributed by atoms with Gasteiger partial charge in [-0.05, 0) is 54.7 Å². The van der Waals surface area contributed by atoms with E-state index in [-0.39, 0.29) is 11.8 Å². The summed E-state index contributed by atoms with van der Waals surface area (Å²) in [6, 6.07) is 4.01. The number of carbonyl (C=O) groups is 1. The minimum Gasteiger partial charge on any atom is -0.356 e. The maximum Gasteiger partial charge on any atom is 0.223 e. The maximum absolute atomic E-state index is 12.5. The summed E-state index contributed by atoms with van der Waals surface area (Å²) < 4.78 is 0. The minimum absolute atomic E-state index is 0.200. The second kappa shape index (κ2) is 7.58. The monoisotopic (exact) mass is 288 g/mol. The van der Waals surface area contributed by atoms with E-state index in [0.29, 0.717) is 17.8 Å². The molecule has 21 heavy (non-hydrogen) atoms. The van der Waals surface area contributed by atoms with E-state index in [1.807, 2.05) is 12.1 Å². The quantitative estimate of drug-likeness (QED) is 0.901. The molecule has 1 saturated carbocycles. The van der Waals surface area contributed by atoms with Crippen molar-refractivity contribution in [3.8, 4) is 0 Å². The molecule has 0 spiro atoms. The van der Waals surface area contributed by atoms with Crippen molar-refractivity contribution in [2.45, 2.75) is 46.5 Å². The first-order chi connectivity index (χ1) is 10.1. The van der Waals surface area contributed by atoms with Gasteiger partial charge < -0.3 is 5.32 Å². The standard InChI is InChI=1S/C18H28N2O/c1-13(2)16-5-4-14(3)12-17(16)18(21)20-11-8-15-6-9-19-10-7-15/h6-7,9-10,13-14,16-17H,4-5,8,11-12H2,1-3H3,(H,20,21)/t14-,16+,17-/m1/s1. The molecule has 116 valence electrons. The molecule has 1 amide bonds. The fourth-order valence-electron chi connectivity index (χ4n) is 3.51. The van der Waals surface area contributed by atoms with Gasteiger partial charge in [0.1, 0.15) is 0 Å². The highest BCUT2D eigenvalue weighted by atomic mass is 16.1. The molecule has 0 aliphatic heterocycles. The molecule has 1 N–H and O–H groups in total. The van der Waals surface area contributed by atoms with Crippen molar-refractivity contribution in [3.63, 3.8) is 0 Å². The topological polar surface area (TPSA) is 42.0 Å². The van der Waals surface area contributed by atoms with Crippen LogP contribution in [0.25, 0.3) is 0 Å². The number of hydrogen-bond donors (Lipinski definition) is 1. The van der Waals surface area contributed by atoms with E-state index in [1.54, 1.807) is 12.4 Å². The first-order valence-electron chi connectivity index (χ1n) is 8.24. The van der Waals surface area contributed by atoms with Gasteiger partial charge in [0, 0.05) is 24.9 Å². The largest absolute Gasteiger partial charge is 0.356 e. The zero-order chi connectivity index (χ0) is 15.2. The SMILES string of the molecule is CC(C)[C@@H]1CC[C@@H](C)C[C@H]1C(=O)NCCc1ccncc1. The van der Waals surface area contributed by atoms with Gasteiger partial charge in [0.2, 0.25) is 5.91 Å². The van der Waals surface area contributed by atoms with Gasteiger partial charge in [0.25, 0.3) is 0 Å². The van der Waals surface area contributed by atoms with Crippen LogP contribution in [-0.4, -0.2) is 17.4 Å². The first-order valence-corrected chi connectivity index (χ1v) is 8.24. The molecule has 3 atom stereocenters. The Labute approximate surface area is 128 Å². The van der Waals surface area contributed by atoms with Crippen molar-refractivity contribution < 1.29 is 4.79 Å². The lowest BCUT2D eigenvalue weighted by molar-refractivity contribution is -0.129. The van der Waals surface area contributed by atoms with Crippen LogP contribution in [0, 0.1) is 23.7 Å². The van der Waals surface area contributed by atoms with Crippen molar-refractivity contribution in [2.75, 3.05) is 6.54 Å². The average Bonchev–Trinajstić information content (AvgIpc) is 2.47. The second-order valence-electron chi connectivity index (χ2n) is 6.83. The van der Waals surface area contributed by atoms with Crippen molar-refractivity contribution in [1.29, 1.82) is 0 Å². The van der Waals surface area contributed by atoms with Gasteiger partial charge >= 0.3 is 0 Å². The molecule has 3 nitrogen and oxygen atoms in total. The van der Waals surface area contributed by atoms with Gasteiger partial charge in [0.15, 0.2) is 0 Å². The number of nitrogens with one attached hydrogen (secondary N) is 1. The summed E-state index contributed by atoms with van der Waals surface area (Å²) in [5.74, 6) is 2.27. The Morgan fingerprint density at radius 2 is 2.05 bits per heavy atom. The molecule has 0 unspecified atom stereocenters. The van der Waals surface area contributed by atoms with E-state index in [2.05, 4.69) is 31.1 Å². The second-order valence-corrected chi connectivity index (χ2v) is 6.83. The summed E-state index contributed by atoms with van der Waals surface area (Å²) in [5.41, 5.74) is 1.22. The molecule has 0 saturated heterocycles. The summed E-state index contributed by atoms with van der Waals surface area (Å²) >= 11 is 0. The van der Waals surface area contributed by atoms with Crippen LogP contribution in [0.1, 0.15) is 45.6 Å². The third-order valence-corrected chi connectivity index (χ3v) is 4.82. The Morgan fingerprint density at radius 1 is 1.33 bits per heavy atom. The van der Waals surface area contributed by atoms with E-state index in [4.69, 9.17) is 0 Å². The number of pyridine rings is 1. The third-order valence-electron chi connectivity index (χ3n) is 4.82. The Morgan fingerprint density at radius 3 is 2.71 bits per heavy atom. The minimum atomic E-state index is 0.200. The average molecular weight is 288 g/mol. The normalized spacial score (nSPS) is 25.8. The molecule has 0 bridgehead atoms. The summed E-state index contributed by atoms with van der Waals surface area (Å²) in [7, 11) is 0. The Kier molecular flexibility index (Phi) is 5.77. The van der Waals surface area contributed by atoms with Crippen molar-refractivity contribution in [2.24, 2.45) is 23.7 Å². The summed E-state index contributed by atoms with van der Waals surface area (Å²) in [4.78, 5) is 16.5. The van der Waals surface area contributed by atoms with Gasteiger partial charge in [-0.15, -0.1) is 0 Å². The van der Waals surface area contributed by atoms with Crippen LogP contribution < -0.4 is 5.32 Å². The molecule has 1 aromatic rings. The zero-order valence-corrected chi connectivity index (χ0v) is 13.5. The number of carbonyl (C=O) groups excluding carboxylic acids is 1. The van der Waals surface area contributed by atoms with Gasteiger partial charge in [-0.1, -0.05) is 27.2 Å². The predicted molar refractivity (Wildman–Crippen MR) is 85.8 cm³/mol. The van der Waals surface area contributed by atoms with Crippen molar-refractivity contribution >= 4 is 5.91 Å². The molecule has 1 aromatic heterocycles. The van der Waals surface area contributed by atoms with Gasteiger partial charge in [-0.2, -0.15) is 0 Å². The molecular weight excluding hydrogens is 260 g/mol. The molecule has 2 rings (SSSR count). The third kappa shape index (κ3) is 4.55. The van der Waals surface area contributed by atoms with Crippen molar-refractivity contribution in [3.05, 3.63) is 30.1 Å². The number of nitrogens with zero attached hydrogens (tertiary/aromatic N) is 1. The van der Waals surface area contributed by atoms with Crippen LogP contribution in [-0.2, 0) is 11.2 Å². The van der Waals surface area contributed by atoms with Crippen LogP contribution >= 0.6 is 0 Å². The van der Waals surface area contributed by atoms with Gasteiger partial charge in [-0.25, -0.2) is 0 Å². The van der Waals surface area contributed by atoms with Crippen LogP contribution in [0.4, 0.5) is 0 Å². The Hall–Kier alpha value is -1.38. The summed E-state index contributed by atoms with van der Waals surface area (Å²) in [6.07, 6.45) is 7.99. The maximum atomic E-state index is 12.5. The molecule has 1 aliphatic rings. The molecule has 0 radical (unpaired) electrons. The summed E-state index contributed by atoms with van der Waals surface area (Å²) in [6.45, 7) is 7.49. The number of aromatic nitrogens is 1. The van der Waals surface area contributed by atoms with Crippen LogP contribution in [0.3, 0.4) is 0 Å². The molecule has 1 fully saturated rings. The fraction of sp³-hybridized carbons (Fsp3) is 0.667. The first kappa shape index (κ1) is 16.0. The van der Waals surface area contributed by atoms with Crippen LogP contribution in [0.15, 0.2) is 24.5 Å². The van der Waals surface area contributed by atoms with E-state index in [9.17, 15) is 4.79 Å². The summed E-state index contributed by atoms with van der Waals surface area (Å²) in [5, 5.41) is 3.15. The highest BCUT2D eigenvalue weighted by molar-refractivity contribution is 5.79. The number of hydrogen-bond acceptors (Lipinski definition) is 2. The number of rotatable bonds is 5. The molecule has 0 aromatic carbocycles. The van der Waals surface area contributed by atoms with Gasteiger partial charge in [-0.3, -0.25) is 9.78 Å². The molecule has 3 heteroatoms. The fourth-order valence-corrected chi connectivity index (χ4v) is 3.51. The highest BCUT2D eigenvalue weighted by Gasteiger charge is 2.35. The van der Waals surface area contributed by atoms with Gasteiger partial charge in [0.05, 0.1) is 0 Å². The van der Waals surface area contributed by atoms with E-state index in [1.165, 1.54) is 18.4 Å². The van der Waals surface area contributed by atoms with Crippen LogP contribution in [0.2, 0.25) is 0 Å². The lowest BCUT2D eigenvalue weighted by Crippen LogP contribution is -2.40. The zero-order valence-electron chi connectivity index (χ0n) is 13.5. The Bertz CT molecular complexity index is 444. The predicted octanol–water partition coefficient (Wildman–Crippen LogP) is 3.45. The molecule has 1 aliphatic carbocycles.